The lowest BCUT2D eigenvalue weighted by Gasteiger charge is -2.31. The second-order valence-corrected chi connectivity index (χ2v) is 9.97. The van der Waals surface area contributed by atoms with E-state index in [0.717, 1.165) is 50.0 Å². The lowest BCUT2D eigenvalue weighted by Crippen LogP contribution is -2.44. The summed E-state index contributed by atoms with van der Waals surface area (Å²) in [6.45, 7) is 7.21. The highest BCUT2D eigenvalue weighted by atomic mass is 32.2. The Bertz CT molecular complexity index is 865. The van der Waals surface area contributed by atoms with Crippen LogP contribution in [-0.2, 0) is 0 Å². The Morgan fingerprint density at radius 2 is 1.97 bits per heavy atom. The Morgan fingerprint density at radius 1 is 1.17 bits per heavy atom. The van der Waals surface area contributed by atoms with Crippen molar-refractivity contribution >= 4 is 23.2 Å². The van der Waals surface area contributed by atoms with Crippen molar-refractivity contribution < 1.29 is 9.18 Å². The van der Waals surface area contributed by atoms with E-state index in [0.29, 0.717) is 12.0 Å². The first-order valence-corrected chi connectivity index (χ1v) is 12.5. The quantitative estimate of drug-likeness (QED) is 0.611. The van der Waals surface area contributed by atoms with Crippen LogP contribution in [0.25, 0.3) is 5.57 Å². The number of rotatable bonds is 5. The summed E-state index contributed by atoms with van der Waals surface area (Å²) in [5.41, 5.74) is 2.24. The largest absolute Gasteiger partial charge is 0.334 e. The molecule has 2 saturated heterocycles. The predicted molar refractivity (Wildman–Crippen MR) is 124 cm³/mol. The maximum atomic E-state index is 15.1. The van der Waals surface area contributed by atoms with E-state index in [1.54, 1.807) is 23.9 Å². The third kappa shape index (κ3) is 4.38. The first kappa shape index (κ1) is 21.6. The second kappa shape index (κ2) is 9.27. The Morgan fingerprint density at radius 3 is 2.63 bits per heavy atom. The van der Waals surface area contributed by atoms with Crippen LogP contribution in [0.4, 0.5) is 4.39 Å². The lowest BCUT2D eigenvalue weighted by atomic mass is 9.87. The van der Waals surface area contributed by atoms with Gasteiger partial charge in [-0.3, -0.25) is 9.69 Å². The number of thioether (sulfide) groups is 1. The van der Waals surface area contributed by atoms with Gasteiger partial charge in [0.15, 0.2) is 0 Å². The molecule has 3 atom stereocenters. The van der Waals surface area contributed by atoms with Gasteiger partial charge in [-0.1, -0.05) is 25.1 Å². The maximum Gasteiger partial charge on any atom is 0.257 e. The van der Waals surface area contributed by atoms with Gasteiger partial charge in [-0.15, -0.1) is 11.8 Å². The Labute approximate surface area is 184 Å². The van der Waals surface area contributed by atoms with Crippen LogP contribution in [0.5, 0.6) is 0 Å². The Kier molecular flexibility index (Phi) is 6.69. The molecule has 0 bridgehead atoms. The summed E-state index contributed by atoms with van der Waals surface area (Å²) in [4.78, 5) is 19.0. The molecule has 1 aromatic rings. The molecule has 162 valence electrons. The first-order valence-electron chi connectivity index (χ1n) is 11.3. The topological polar surface area (TPSA) is 23.6 Å². The molecule has 0 radical (unpaired) electrons. The zero-order valence-corrected chi connectivity index (χ0v) is 19.2. The van der Waals surface area contributed by atoms with Crippen LogP contribution in [0, 0.1) is 11.7 Å². The molecule has 0 saturated carbocycles. The van der Waals surface area contributed by atoms with Gasteiger partial charge in [0.25, 0.3) is 5.91 Å². The SMILES string of the molecule is CSC1=CC=C(c2ccc(C(=O)N3CCC[C@H]3CN3CCC[C@H]3C)c(F)c2)C(C)C1. The maximum absolute atomic E-state index is 15.1. The molecule has 2 aliphatic heterocycles. The summed E-state index contributed by atoms with van der Waals surface area (Å²) in [6.07, 6.45) is 11.8. The normalized spacial score (nSPS) is 27.3. The van der Waals surface area contributed by atoms with Gasteiger partial charge in [0, 0.05) is 25.2 Å². The number of hydrogen-bond acceptors (Lipinski definition) is 3. The fourth-order valence-corrected chi connectivity index (χ4v) is 5.83. The minimum atomic E-state index is -0.398. The molecular formula is C25H33FN2OS. The molecule has 0 aromatic heterocycles. The molecular weight excluding hydrogens is 395 g/mol. The van der Waals surface area contributed by atoms with E-state index in [2.05, 4.69) is 37.2 Å². The van der Waals surface area contributed by atoms with Gasteiger partial charge in [0.2, 0.25) is 0 Å². The van der Waals surface area contributed by atoms with Crippen LogP contribution < -0.4 is 0 Å². The van der Waals surface area contributed by atoms with Gasteiger partial charge in [0.1, 0.15) is 5.82 Å². The van der Waals surface area contributed by atoms with Gasteiger partial charge in [-0.05, 0) is 85.9 Å². The molecule has 5 heteroatoms. The zero-order chi connectivity index (χ0) is 21.3. The van der Waals surface area contributed by atoms with E-state index >= 15 is 4.39 Å². The molecule has 4 rings (SSSR count). The highest BCUT2D eigenvalue weighted by Gasteiger charge is 2.34. The summed E-state index contributed by atoms with van der Waals surface area (Å²) < 4.78 is 15.1. The molecule has 1 amide bonds. The average Bonchev–Trinajstić information content (AvgIpc) is 3.36. The van der Waals surface area contributed by atoms with E-state index in [1.165, 1.54) is 17.7 Å². The number of hydrogen-bond donors (Lipinski definition) is 0. The number of carbonyl (C=O) groups excluding carboxylic acids is 1. The monoisotopic (exact) mass is 428 g/mol. The average molecular weight is 429 g/mol. The van der Waals surface area contributed by atoms with Crippen molar-refractivity contribution in [2.24, 2.45) is 5.92 Å². The summed E-state index contributed by atoms with van der Waals surface area (Å²) >= 11 is 1.77. The molecule has 3 nitrogen and oxygen atoms in total. The van der Waals surface area contributed by atoms with Crippen LogP contribution in [-0.4, -0.2) is 53.7 Å². The smallest absolute Gasteiger partial charge is 0.257 e. The van der Waals surface area contributed by atoms with Gasteiger partial charge in [0.05, 0.1) is 5.56 Å². The van der Waals surface area contributed by atoms with Crippen LogP contribution >= 0.6 is 11.8 Å². The van der Waals surface area contributed by atoms with Crippen molar-refractivity contribution in [3.05, 3.63) is 52.2 Å². The van der Waals surface area contributed by atoms with E-state index in [9.17, 15) is 4.79 Å². The van der Waals surface area contributed by atoms with Crippen LogP contribution in [0.1, 0.15) is 61.9 Å². The number of halogens is 1. The number of benzene rings is 1. The van der Waals surface area contributed by atoms with E-state index in [1.807, 2.05) is 11.0 Å². The fraction of sp³-hybridized carbons (Fsp3) is 0.560. The number of allylic oxidation sites excluding steroid dienone is 4. The van der Waals surface area contributed by atoms with Crippen molar-refractivity contribution in [2.45, 2.75) is 58.0 Å². The fourth-order valence-electron chi connectivity index (χ4n) is 5.21. The van der Waals surface area contributed by atoms with Gasteiger partial charge in [-0.2, -0.15) is 0 Å². The van der Waals surface area contributed by atoms with E-state index < -0.39 is 5.82 Å². The van der Waals surface area contributed by atoms with Gasteiger partial charge >= 0.3 is 0 Å². The first-order chi connectivity index (χ1) is 14.5. The van der Waals surface area contributed by atoms with Gasteiger partial charge in [-0.25, -0.2) is 4.39 Å². The van der Waals surface area contributed by atoms with E-state index in [4.69, 9.17) is 0 Å². The number of nitrogens with zero attached hydrogens (tertiary/aromatic N) is 2. The van der Waals surface area contributed by atoms with Crippen LogP contribution in [0.3, 0.4) is 0 Å². The molecule has 1 unspecified atom stereocenters. The molecule has 1 aromatic carbocycles. The van der Waals surface area contributed by atoms with Crippen molar-refractivity contribution in [1.82, 2.24) is 9.80 Å². The molecule has 0 N–H and O–H groups in total. The van der Waals surface area contributed by atoms with Crippen LogP contribution in [0.15, 0.2) is 35.3 Å². The Hall–Kier alpha value is -1.59. The predicted octanol–water partition coefficient (Wildman–Crippen LogP) is 5.58. The molecule has 2 fully saturated rings. The molecule has 3 aliphatic rings. The highest BCUT2D eigenvalue weighted by molar-refractivity contribution is 8.02. The van der Waals surface area contributed by atoms with Crippen molar-refractivity contribution in [3.8, 4) is 0 Å². The molecule has 2 heterocycles. The lowest BCUT2D eigenvalue weighted by molar-refractivity contribution is 0.0692. The molecule has 0 spiro atoms. The van der Waals surface area contributed by atoms with Gasteiger partial charge < -0.3 is 4.90 Å². The summed E-state index contributed by atoms with van der Waals surface area (Å²) in [5, 5.41) is 0. The number of likely N-dealkylation sites (tertiary alicyclic amines) is 2. The summed E-state index contributed by atoms with van der Waals surface area (Å²) in [7, 11) is 0. The third-order valence-electron chi connectivity index (χ3n) is 7.06. The van der Waals surface area contributed by atoms with Crippen molar-refractivity contribution in [2.75, 3.05) is 25.9 Å². The van der Waals surface area contributed by atoms with Crippen LogP contribution in [0.2, 0.25) is 0 Å². The second-order valence-electron chi connectivity index (χ2n) is 9.04. The zero-order valence-electron chi connectivity index (χ0n) is 18.4. The Balaban J connectivity index is 1.50. The van der Waals surface area contributed by atoms with Crippen molar-refractivity contribution in [1.29, 1.82) is 0 Å². The van der Waals surface area contributed by atoms with Crippen molar-refractivity contribution in [3.63, 3.8) is 0 Å². The highest BCUT2D eigenvalue weighted by Crippen LogP contribution is 2.36. The number of carbonyl (C=O) groups is 1. The summed E-state index contributed by atoms with van der Waals surface area (Å²) in [5.74, 6) is -0.196. The summed E-state index contributed by atoms with van der Waals surface area (Å²) in [6, 6.07) is 5.96. The standard InChI is InChI=1S/C25H33FN2OS/c1-17-14-21(30-3)9-11-22(17)19-8-10-23(24(26)15-19)25(29)28-13-5-7-20(28)16-27-12-4-6-18(27)2/h8-11,15,17-18,20H,4-7,12-14,16H2,1-3H3/t17?,18-,20+/m1/s1. The third-order valence-corrected chi connectivity index (χ3v) is 7.88. The molecule has 30 heavy (non-hydrogen) atoms. The minimum absolute atomic E-state index is 0.149. The molecule has 1 aliphatic carbocycles. The number of amides is 1. The van der Waals surface area contributed by atoms with E-state index in [-0.39, 0.29) is 17.5 Å². The minimum Gasteiger partial charge on any atom is -0.334 e.